The van der Waals surface area contributed by atoms with E-state index in [1.807, 2.05) is 4.68 Å². The summed E-state index contributed by atoms with van der Waals surface area (Å²) < 4.78 is 28.6. The third kappa shape index (κ3) is 3.40. The van der Waals surface area contributed by atoms with Gasteiger partial charge in [-0.2, -0.15) is 0 Å². The Kier molecular flexibility index (Phi) is 4.48. The van der Waals surface area contributed by atoms with E-state index in [0.29, 0.717) is 22.5 Å². The molecule has 21 heavy (non-hydrogen) atoms. The van der Waals surface area contributed by atoms with Gasteiger partial charge in [-0.25, -0.2) is 13.5 Å². The second-order valence-electron chi connectivity index (χ2n) is 5.22. The molecule has 3 rings (SSSR count). The second-order valence-corrected chi connectivity index (χ2v) is 6.16. The number of hydrogen-bond donors (Lipinski definition) is 0. The fourth-order valence-electron chi connectivity index (χ4n) is 2.63. The minimum absolute atomic E-state index is 0.316. The summed E-state index contributed by atoms with van der Waals surface area (Å²) in [5.41, 5.74) is 0.332. The van der Waals surface area contributed by atoms with Crippen LogP contribution in [-0.4, -0.2) is 20.2 Å². The van der Waals surface area contributed by atoms with Gasteiger partial charge >= 0.3 is 0 Å². The third-order valence-corrected chi connectivity index (χ3v) is 4.73. The zero-order chi connectivity index (χ0) is 14.7. The molecule has 1 aromatic carbocycles. The van der Waals surface area contributed by atoms with Gasteiger partial charge in [0.05, 0.1) is 6.04 Å². The summed E-state index contributed by atoms with van der Waals surface area (Å²) in [6.07, 6.45) is 5.79. The second kappa shape index (κ2) is 6.51. The lowest BCUT2D eigenvalue weighted by atomic mass is 9.96. The van der Waals surface area contributed by atoms with Crippen LogP contribution in [0.1, 0.15) is 43.7 Å². The molecule has 1 fully saturated rings. The van der Waals surface area contributed by atoms with Crippen LogP contribution in [-0.2, 0) is 5.75 Å². The van der Waals surface area contributed by atoms with Crippen molar-refractivity contribution < 1.29 is 8.78 Å². The van der Waals surface area contributed by atoms with Gasteiger partial charge in [0.15, 0.2) is 0 Å². The SMILES string of the molecule is Fc1ccc(F)c(CSc2nnnn2C2CCCCC2)c1. The van der Waals surface area contributed by atoms with E-state index in [1.165, 1.54) is 37.1 Å². The Bertz CT molecular complexity index is 611. The summed E-state index contributed by atoms with van der Waals surface area (Å²) in [5.74, 6) is -0.518. The van der Waals surface area contributed by atoms with Gasteiger partial charge in [0.25, 0.3) is 0 Å². The summed E-state index contributed by atoms with van der Waals surface area (Å²) in [4.78, 5) is 0. The van der Waals surface area contributed by atoms with E-state index in [-0.39, 0.29) is 0 Å². The van der Waals surface area contributed by atoms with Gasteiger partial charge in [0, 0.05) is 11.3 Å². The molecule has 7 heteroatoms. The van der Waals surface area contributed by atoms with Crippen LogP contribution in [0.15, 0.2) is 23.4 Å². The van der Waals surface area contributed by atoms with E-state index in [4.69, 9.17) is 0 Å². The normalized spacial score (nSPS) is 16.3. The average molecular weight is 310 g/mol. The Labute approximate surface area is 125 Å². The van der Waals surface area contributed by atoms with E-state index in [1.54, 1.807) is 0 Å². The molecular formula is C14H16F2N4S. The summed E-state index contributed by atoms with van der Waals surface area (Å²) >= 11 is 1.34. The van der Waals surface area contributed by atoms with E-state index in [0.717, 1.165) is 25.0 Å². The molecule has 0 radical (unpaired) electrons. The molecule has 1 saturated carbocycles. The maximum atomic E-state index is 13.6. The van der Waals surface area contributed by atoms with E-state index >= 15 is 0 Å². The van der Waals surface area contributed by atoms with Crippen molar-refractivity contribution in [2.45, 2.75) is 49.1 Å². The number of aromatic nitrogens is 4. The standard InChI is InChI=1S/C14H16F2N4S/c15-11-6-7-13(16)10(8-11)9-21-14-17-18-19-20(14)12-4-2-1-3-5-12/h6-8,12H,1-5,9H2. The first-order valence-corrected chi connectivity index (χ1v) is 8.07. The third-order valence-electron chi connectivity index (χ3n) is 3.75. The lowest BCUT2D eigenvalue weighted by molar-refractivity contribution is 0.307. The fraction of sp³-hybridized carbons (Fsp3) is 0.500. The summed E-state index contributed by atoms with van der Waals surface area (Å²) in [6, 6.07) is 3.82. The van der Waals surface area contributed by atoms with Crippen LogP contribution in [0, 0.1) is 11.6 Å². The molecular weight excluding hydrogens is 294 g/mol. The molecule has 0 atom stereocenters. The Morgan fingerprint density at radius 1 is 1.19 bits per heavy atom. The van der Waals surface area contributed by atoms with Crippen molar-refractivity contribution >= 4 is 11.8 Å². The molecule has 1 aliphatic rings. The molecule has 0 aliphatic heterocycles. The van der Waals surface area contributed by atoms with Gasteiger partial charge in [-0.15, -0.1) is 5.10 Å². The number of benzene rings is 1. The molecule has 2 aromatic rings. The van der Waals surface area contributed by atoms with Gasteiger partial charge in [-0.1, -0.05) is 31.0 Å². The lowest BCUT2D eigenvalue weighted by Gasteiger charge is -2.21. The summed E-state index contributed by atoms with van der Waals surface area (Å²) in [7, 11) is 0. The van der Waals surface area contributed by atoms with E-state index in [9.17, 15) is 8.78 Å². The Balaban J connectivity index is 1.71. The number of rotatable bonds is 4. The lowest BCUT2D eigenvalue weighted by Crippen LogP contribution is -2.15. The molecule has 0 saturated heterocycles. The first-order chi connectivity index (χ1) is 10.2. The number of nitrogens with zero attached hydrogens (tertiary/aromatic N) is 4. The average Bonchev–Trinajstić information content (AvgIpc) is 2.97. The minimum Gasteiger partial charge on any atom is -0.217 e. The molecule has 1 aromatic heterocycles. The van der Waals surface area contributed by atoms with Crippen molar-refractivity contribution in [2.24, 2.45) is 0 Å². The topological polar surface area (TPSA) is 43.6 Å². The van der Waals surface area contributed by atoms with Gasteiger partial charge in [-0.3, -0.25) is 0 Å². The van der Waals surface area contributed by atoms with Crippen molar-refractivity contribution in [3.8, 4) is 0 Å². The van der Waals surface area contributed by atoms with E-state index < -0.39 is 11.6 Å². The van der Waals surface area contributed by atoms with Gasteiger partial charge < -0.3 is 0 Å². The highest BCUT2D eigenvalue weighted by atomic mass is 32.2. The first-order valence-electron chi connectivity index (χ1n) is 7.08. The number of thioether (sulfide) groups is 1. The van der Waals surface area contributed by atoms with Gasteiger partial charge in [0.2, 0.25) is 5.16 Å². The maximum absolute atomic E-state index is 13.6. The smallest absolute Gasteiger partial charge is 0.209 e. The highest BCUT2D eigenvalue weighted by Crippen LogP contribution is 2.31. The van der Waals surface area contributed by atoms with Crippen molar-refractivity contribution in [2.75, 3.05) is 0 Å². The van der Waals surface area contributed by atoms with Crippen molar-refractivity contribution in [3.05, 3.63) is 35.4 Å². The number of halogens is 2. The highest BCUT2D eigenvalue weighted by molar-refractivity contribution is 7.98. The molecule has 0 bridgehead atoms. The molecule has 1 aliphatic carbocycles. The van der Waals surface area contributed by atoms with Crippen LogP contribution in [0.4, 0.5) is 8.78 Å². The Morgan fingerprint density at radius 2 is 2.00 bits per heavy atom. The van der Waals surface area contributed by atoms with Crippen molar-refractivity contribution in [1.29, 1.82) is 0 Å². The maximum Gasteiger partial charge on any atom is 0.209 e. The van der Waals surface area contributed by atoms with Crippen molar-refractivity contribution in [1.82, 2.24) is 20.2 Å². The van der Waals surface area contributed by atoms with Crippen molar-refractivity contribution in [3.63, 3.8) is 0 Å². The van der Waals surface area contributed by atoms with Crippen LogP contribution in [0.2, 0.25) is 0 Å². The molecule has 0 unspecified atom stereocenters. The van der Waals surface area contributed by atoms with Crippen LogP contribution >= 0.6 is 11.8 Å². The number of hydrogen-bond acceptors (Lipinski definition) is 4. The van der Waals surface area contributed by atoms with Gasteiger partial charge in [-0.05, 0) is 41.5 Å². The number of tetrazole rings is 1. The van der Waals surface area contributed by atoms with Crippen LogP contribution in [0.25, 0.3) is 0 Å². The minimum atomic E-state index is -0.432. The predicted octanol–water partition coefficient (Wildman–Crippen LogP) is 3.75. The van der Waals surface area contributed by atoms with Crippen LogP contribution in [0.5, 0.6) is 0 Å². The molecule has 0 amide bonds. The zero-order valence-corrected chi connectivity index (χ0v) is 12.3. The fourth-order valence-corrected chi connectivity index (χ4v) is 3.55. The van der Waals surface area contributed by atoms with Crippen LogP contribution < -0.4 is 0 Å². The first kappa shape index (κ1) is 14.4. The predicted molar refractivity (Wildman–Crippen MR) is 75.9 cm³/mol. The highest BCUT2D eigenvalue weighted by Gasteiger charge is 2.20. The Hall–Kier alpha value is -1.50. The largest absolute Gasteiger partial charge is 0.217 e. The van der Waals surface area contributed by atoms with E-state index in [2.05, 4.69) is 15.5 Å². The molecule has 4 nitrogen and oxygen atoms in total. The Morgan fingerprint density at radius 3 is 2.81 bits per heavy atom. The molecule has 1 heterocycles. The zero-order valence-electron chi connectivity index (χ0n) is 11.5. The summed E-state index contributed by atoms with van der Waals surface area (Å²) in [5, 5.41) is 12.5. The quantitative estimate of drug-likeness (QED) is 0.807. The van der Waals surface area contributed by atoms with Crippen LogP contribution in [0.3, 0.4) is 0 Å². The van der Waals surface area contributed by atoms with Gasteiger partial charge in [0.1, 0.15) is 11.6 Å². The molecule has 112 valence electrons. The molecule has 0 spiro atoms. The molecule has 0 N–H and O–H groups in total. The summed E-state index contributed by atoms with van der Waals surface area (Å²) in [6.45, 7) is 0. The monoisotopic (exact) mass is 310 g/mol.